The third kappa shape index (κ3) is 3.81. The topological polar surface area (TPSA) is 43.4 Å². The van der Waals surface area contributed by atoms with Crippen molar-refractivity contribution >= 4 is 0 Å². The molecule has 1 saturated heterocycles. The molecule has 1 aliphatic rings. The summed E-state index contributed by atoms with van der Waals surface area (Å²) in [5.74, 6) is 0.483. The van der Waals surface area contributed by atoms with Gasteiger partial charge in [-0.2, -0.15) is 8.78 Å². The maximum atomic E-state index is 11.9. The number of alkyl halides is 2. The zero-order valence-corrected chi connectivity index (χ0v) is 9.23. The first kappa shape index (κ1) is 12.0. The van der Waals surface area contributed by atoms with Crippen LogP contribution in [0.1, 0.15) is 12.8 Å². The Kier molecular flexibility index (Phi) is 4.08. The van der Waals surface area contributed by atoms with E-state index in [0.717, 1.165) is 25.9 Å². The molecule has 2 heterocycles. The molecule has 0 atom stereocenters. The van der Waals surface area contributed by atoms with E-state index in [0.29, 0.717) is 5.75 Å². The Bertz CT molecular complexity index is 340. The Morgan fingerprint density at radius 3 is 2.65 bits per heavy atom. The summed E-state index contributed by atoms with van der Waals surface area (Å²) in [5, 5.41) is 3.23. The fraction of sp³-hybridized carbons (Fsp3) is 0.545. The first-order valence-corrected chi connectivity index (χ1v) is 5.52. The Labute approximate surface area is 97.9 Å². The molecule has 94 valence electrons. The molecule has 1 aliphatic heterocycles. The Morgan fingerprint density at radius 1 is 1.29 bits per heavy atom. The van der Waals surface area contributed by atoms with Crippen molar-refractivity contribution in [3.05, 3.63) is 18.3 Å². The molecule has 0 saturated carbocycles. The molecular formula is C11H14F2N2O2. The van der Waals surface area contributed by atoms with Crippen molar-refractivity contribution in [3.63, 3.8) is 0 Å². The molecule has 1 aromatic rings. The summed E-state index contributed by atoms with van der Waals surface area (Å²) in [5.41, 5.74) is 0. The van der Waals surface area contributed by atoms with Crippen molar-refractivity contribution in [2.45, 2.75) is 25.6 Å². The van der Waals surface area contributed by atoms with Crippen LogP contribution in [0.2, 0.25) is 0 Å². The Hall–Kier alpha value is -1.43. The van der Waals surface area contributed by atoms with Crippen LogP contribution in [0.4, 0.5) is 8.78 Å². The van der Waals surface area contributed by atoms with Gasteiger partial charge in [-0.25, -0.2) is 4.98 Å². The number of pyridine rings is 1. The fourth-order valence-corrected chi connectivity index (χ4v) is 1.70. The summed E-state index contributed by atoms with van der Waals surface area (Å²) in [6.45, 7) is -0.978. The van der Waals surface area contributed by atoms with Gasteiger partial charge in [0.2, 0.25) is 5.88 Å². The van der Waals surface area contributed by atoms with Gasteiger partial charge in [-0.1, -0.05) is 0 Å². The molecule has 0 radical (unpaired) electrons. The number of nitrogens with zero attached hydrogens (tertiary/aromatic N) is 1. The van der Waals surface area contributed by atoms with Gasteiger partial charge in [0.25, 0.3) is 0 Å². The largest absolute Gasteiger partial charge is 0.489 e. The second kappa shape index (κ2) is 5.77. The summed E-state index contributed by atoms with van der Waals surface area (Å²) in [7, 11) is 0. The van der Waals surface area contributed by atoms with Crippen LogP contribution in [-0.4, -0.2) is 30.8 Å². The molecule has 6 heteroatoms. The molecule has 1 aromatic heterocycles. The van der Waals surface area contributed by atoms with E-state index in [4.69, 9.17) is 4.74 Å². The molecule has 0 amide bonds. The van der Waals surface area contributed by atoms with E-state index < -0.39 is 6.61 Å². The Morgan fingerprint density at radius 2 is 2.06 bits per heavy atom. The number of hydrogen-bond donors (Lipinski definition) is 1. The molecule has 0 aromatic carbocycles. The molecule has 0 bridgehead atoms. The number of halogens is 2. The van der Waals surface area contributed by atoms with Crippen molar-refractivity contribution in [2.24, 2.45) is 0 Å². The van der Waals surface area contributed by atoms with Crippen LogP contribution in [0.5, 0.6) is 11.6 Å². The lowest BCUT2D eigenvalue weighted by Crippen LogP contribution is -2.34. The molecule has 0 unspecified atom stereocenters. The van der Waals surface area contributed by atoms with Crippen molar-refractivity contribution < 1.29 is 18.3 Å². The van der Waals surface area contributed by atoms with Crippen LogP contribution in [0.25, 0.3) is 0 Å². The zero-order chi connectivity index (χ0) is 12.1. The van der Waals surface area contributed by atoms with E-state index in [-0.39, 0.29) is 12.0 Å². The number of hydrogen-bond acceptors (Lipinski definition) is 4. The van der Waals surface area contributed by atoms with Gasteiger partial charge in [0, 0.05) is 6.07 Å². The maximum Gasteiger partial charge on any atom is 0.388 e. The number of aromatic nitrogens is 1. The van der Waals surface area contributed by atoms with Gasteiger partial charge in [-0.15, -0.1) is 0 Å². The fourth-order valence-electron chi connectivity index (χ4n) is 1.70. The standard InChI is InChI=1S/C11H14F2N2O2/c12-11(13)17-10-2-1-9(7-15-10)16-8-3-5-14-6-4-8/h1-2,7-8,11,14H,3-6H2. The first-order valence-electron chi connectivity index (χ1n) is 5.52. The second-order valence-electron chi connectivity index (χ2n) is 3.78. The van der Waals surface area contributed by atoms with Gasteiger partial charge in [-0.05, 0) is 32.0 Å². The predicted molar refractivity (Wildman–Crippen MR) is 57.4 cm³/mol. The number of ether oxygens (including phenoxy) is 2. The summed E-state index contributed by atoms with van der Waals surface area (Å²) >= 11 is 0. The summed E-state index contributed by atoms with van der Waals surface area (Å²) in [6, 6.07) is 2.97. The lowest BCUT2D eigenvalue weighted by Gasteiger charge is -2.23. The molecule has 1 N–H and O–H groups in total. The molecule has 17 heavy (non-hydrogen) atoms. The minimum Gasteiger partial charge on any atom is -0.489 e. The smallest absolute Gasteiger partial charge is 0.388 e. The van der Waals surface area contributed by atoms with Gasteiger partial charge in [0.1, 0.15) is 11.9 Å². The van der Waals surface area contributed by atoms with Gasteiger partial charge >= 0.3 is 6.61 Å². The van der Waals surface area contributed by atoms with Crippen molar-refractivity contribution in [1.29, 1.82) is 0 Å². The summed E-state index contributed by atoms with van der Waals surface area (Å²) in [4.78, 5) is 3.74. The van der Waals surface area contributed by atoms with Crippen molar-refractivity contribution in [1.82, 2.24) is 10.3 Å². The zero-order valence-electron chi connectivity index (χ0n) is 9.23. The van der Waals surface area contributed by atoms with Gasteiger partial charge in [-0.3, -0.25) is 0 Å². The van der Waals surface area contributed by atoms with E-state index in [1.807, 2.05) is 0 Å². The van der Waals surface area contributed by atoms with E-state index in [9.17, 15) is 8.78 Å². The monoisotopic (exact) mass is 244 g/mol. The second-order valence-corrected chi connectivity index (χ2v) is 3.78. The summed E-state index contributed by atoms with van der Waals surface area (Å²) < 4.78 is 33.6. The molecule has 0 aliphatic carbocycles. The number of rotatable bonds is 4. The molecule has 2 rings (SSSR count). The van der Waals surface area contributed by atoms with Crippen LogP contribution >= 0.6 is 0 Å². The highest BCUT2D eigenvalue weighted by atomic mass is 19.3. The lowest BCUT2D eigenvalue weighted by atomic mass is 10.1. The Balaban J connectivity index is 1.88. The molecule has 0 spiro atoms. The minimum atomic E-state index is -2.85. The normalized spacial score (nSPS) is 17.1. The minimum absolute atomic E-state index is 0.0994. The average molecular weight is 244 g/mol. The van der Waals surface area contributed by atoms with Crippen LogP contribution < -0.4 is 14.8 Å². The third-order valence-corrected chi connectivity index (χ3v) is 2.51. The highest BCUT2D eigenvalue weighted by Crippen LogP contribution is 2.18. The predicted octanol–water partition coefficient (Wildman–Crippen LogP) is 1.81. The molecule has 1 fully saturated rings. The van der Waals surface area contributed by atoms with Crippen LogP contribution in [-0.2, 0) is 0 Å². The third-order valence-electron chi connectivity index (χ3n) is 2.51. The average Bonchev–Trinajstić information content (AvgIpc) is 2.32. The van der Waals surface area contributed by atoms with Crippen LogP contribution in [0.3, 0.4) is 0 Å². The first-order chi connectivity index (χ1) is 8.24. The highest BCUT2D eigenvalue weighted by molar-refractivity contribution is 5.23. The van der Waals surface area contributed by atoms with Crippen molar-refractivity contribution in [2.75, 3.05) is 13.1 Å². The van der Waals surface area contributed by atoms with Crippen molar-refractivity contribution in [3.8, 4) is 11.6 Å². The SMILES string of the molecule is FC(F)Oc1ccc(OC2CCNCC2)cn1. The van der Waals surface area contributed by atoms with Gasteiger partial charge < -0.3 is 14.8 Å². The summed E-state index contributed by atoms with van der Waals surface area (Å²) in [6.07, 6.45) is 3.45. The van der Waals surface area contributed by atoms with Gasteiger partial charge in [0.15, 0.2) is 0 Å². The maximum absolute atomic E-state index is 11.9. The van der Waals surface area contributed by atoms with E-state index >= 15 is 0 Å². The highest BCUT2D eigenvalue weighted by Gasteiger charge is 2.14. The van der Waals surface area contributed by atoms with E-state index in [1.165, 1.54) is 12.3 Å². The van der Waals surface area contributed by atoms with E-state index in [1.54, 1.807) is 6.07 Å². The van der Waals surface area contributed by atoms with Crippen LogP contribution in [0.15, 0.2) is 18.3 Å². The van der Waals surface area contributed by atoms with Crippen LogP contribution in [0, 0.1) is 0 Å². The molecular weight excluding hydrogens is 230 g/mol. The number of nitrogens with one attached hydrogen (secondary N) is 1. The van der Waals surface area contributed by atoms with Gasteiger partial charge in [0.05, 0.1) is 6.20 Å². The van der Waals surface area contributed by atoms with E-state index in [2.05, 4.69) is 15.0 Å². The lowest BCUT2D eigenvalue weighted by molar-refractivity contribution is -0.0529. The number of piperidine rings is 1. The quantitative estimate of drug-likeness (QED) is 0.877. The molecule has 4 nitrogen and oxygen atoms in total.